The fourth-order valence-corrected chi connectivity index (χ4v) is 1.19. The molecule has 17 heavy (non-hydrogen) atoms. The van der Waals surface area contributed by atoms with Gasteiger partial charge in [-0.1, -0.05) is 13.0 Å². The van der Waals surface area contributed by atoms with Crippen LogP contribution in [0.3, 0.4) is 0 Å². The molecule has 0 spiro atoms. The Morgan fingerprint density at radius 1 is 1.47 bits per heavy atom. The molecule has 1 rings (SSSR count). The second-order valence-electron chi connectivity index (χ2n) is 3.43. The first-order valence-corrected chi connectivity index (χ1v) is 5.39. The smallest absolute Gasteiger partial charge is 0.330 e. The van der Waals surface area contributed by atoms with Crippen molar-refractivity contribution in [2.24, 2.45) is 0 Å². The van der Waals surface area contributed by atoms with Gasteiger partial charge in [0.15, 0.2) is 11.5 Å². The molecule has 1 aromatic carbocycles. The first-order valence-electron chi connectivity index (χ1n) is 5.39. The van der Waals surface area contributed by atoms with Gasteiger partial charge in [0.2, 0.25) is 0 Å². The number of hydrogen-bond donors (Lipinski definition) is 1. The van der Waals surface area contributed by atoms with E-state index in [0.717, 1.165) is 12.0 Å². The second kappa shape index (κ2) is 6.58. The quantitative estimate of drug-likeness (QED) is 0.630. The Balaban J connectivity index is 2.80. The maximum atomic E-state index is 10.9. The predicted molar refractivity (Wildman–Crippen MR) is 64.9 cm³/mol. The van der Waals surface area contributed by atoms with E-state index in [0.29, 0.717) is 12.4 Å². The number of hydrogen-bond acceptors (Lipinski definition) is 4. The molecule has 0 aliphatic carbocycles. The van der Waals surface area contributed by atoms with Crippen molar-refractivity contribution in [3.05, 3.63) is 29.8 Å². The maximum absolute atomic E-state index is 10.9. The third kappa shape index (κ3) is 4.18. The number of carbonyl (C=O) groups is 1. The molecule has 0 amide bonds. The van der Waals surface area contributed by atoms with Crippen molar-refractivity contribution in [3.8, 4) is 11.5 Å². The van der Waals surface area contributed by atoms with Crippen molar-refractivity contribution in [2.75, 3.05) is 13.7 Å². The van der Waals surface area contributed by atoms with Gasteiger partial charge in [-0.2, -0.15) is 0 Å². The Labute approximate surface area is 100 Å². The number of esters is 1. The number of rotatable bonds is 5. The molecule has 0 heterocycles. The first-order chi connectivity index (χ1) is 8.17. The first kappa shape index (κ1) is 13.1. The minimum absolute atomic E-state index is 0.0914. The summed E-state index contributed by atoms with van der Waals surface area (Å²) in [6, 6.07) is 4.89. The summed E-state index contributed by atoms with van der Waals surface area (Å²) >= 11 is 0. The van der Waals surface area contributed by atoms with Crippen LogP contribution in [0.15, 0.2) is 24.3 Å². The van der Waals surface area contributed by atoms with Crippen molar-refractivity contribution in [1.82, 2.24) is 0 Å². The molecule has 4 nitrogen and oxygen atoms in total. The summed E-state index contributed by atoms with van der Waals surface area (Å²) in [5.41, 5.74) is 0.763. The fraction of sp³-hybridized carbons (Fsp3) is 0.308. The monoisotopic (exact) mass is 236 g/mol. The van der Waals surface area contributed by atoms with Gasteiger partial charge in [-0.15, -0.1) is 0 Å². The average Bonchev–Trinajstić information content (AvgIpc) is 2.35. The standard InChI is InChI=1S/C13H16O4/c1-3-8-17-12-9-10(4-6-11(12)14)5-7-13(15)16-2/h4-7,9,14H,3,8H2,1-2H3/b7-5+. The number of aromatic hydroxyl groups is 1. The second-order valence-corrected chi connectivity index (χ2v) is 3.43. The summed E-state index contributed by atoms with van der Waals surface area (Å²) in [6.07, 6.45) is 3.78. The zero-order valence-electron chi connectivity index (χ0n) is 9.97. The molecule has 0 saturated heterocycles. The lowest BCUT2D eigenvalue weighted by molar-refractivity contribution is -0.134. The predicted octanol–water partition coefficient (Wildman–Crippen LogP) is 2.37. The van der Waals surface area contributed by atoms with Crippen LogP contribution in [0.4, 0.5) is 0 Å². The van der Waals surface area contributed by atoms with Crippen LogP contribution < -0.4 is 4.74 Å². The van der Waals surface area contributed by atoms with E-state index in [4.69, 9.17) is 4.74 Å². The summed E-state index contributed by atoms with van der Waals surface area (Å²) < 4.78 is 9.84. The van der Waals surface area contributed by atoms with Crippen LogP contribution in [-0.2, 0) is 9.53 Å². The van der Waals surface area contributed by atoms with Gasteiger partial charge < -0.3 is 14.6 Å². The summed E-state index contributed by atoms with van der Waals surface area (Å²) in [5.74, 6) is 0.0848. The van der Waals surface area contributed by atoms with Crippen LogP contribution in [0.1, 0.15) is 18.9 Å². The van der Waals surface area contributed by atoms with E-state index in [2.05, 4.69) is 4.74 Å². The Kier molecular flexibility index (Phi) is 5.07. The molecule has 0 bridgehead atoms. The Morgan fingerprint density at radius 2 is 2.24 bits per heavy atom. The minimum atomic E-state index is -0.422. The highest BCUT2D eigenvalue weighted by Crippen LogP contribution is 2.27. The summed E-state index contributed by atoms with van der Waals surface area (Å²) in [6.45, 7) is 2.52. The fourth-order valence-electron chi connectivity index (χ4n) is 1.19. The van der Waals surface area contributed by atoms with Gasteiger partial charge in [0.1, 0.15) is 0 Å². The number of phenols is 1. The number of phenolic OH excluding ortho intramolecular Hbond substituents is 1. The molecular weight excluding hydrogens is 220 g/mol. The molecule has 0 atom stereocenters. The molecule has 0 saturated carbocycles. The van der Waals surface area contributed by atoms with Gasteiger partial charge in [-0.05, 0) is 30.2 Å². The van der Waals surface area contributed by atoms with Crippen molar-refractivity contribution in [2.45, 2.75) is 13.3 Å². The van der Waals surface area contributed by atoms with Gasteiger partial charge in [0.25, 0.3) is 0 Å². The third-order valence-electron chi connectivity index (χ3n) is 2.06. The van der Waals surface area contributed by atoms with Crippen molar-refractivity contribution in [1.29, 1.82) is 0 Å². The molecule has 0 aliphatic rings. The average molecular weight is 236 g/mol. The highest BCUT2D eigenvalue weighted by atomic mass is 16.5. The Bertz CT molecular complexity index is 410. The normalized spacial score (nSPS) is 10.5. The molecule has 1 aromatic rings. The van der Waals surface area contributed by atoms with Crippen molar-refractivity contribution < 1.29 is 19.4 Å². The number of ether oxygens (including phenoxy) is 2. The van der Waals surface area contributed by atoms with Gasteiger partial charge in [-0.25, -0.2) is 4.79 Å². The third-order valence-corrected chi connectivity index (χ3v) is 2.06. The van der Waals surface area contributed by atoms with E-state index in [-0.39, 0.29) is 5.75 Å². The van der Waals surface area contributed by atoms with Crippen LogP contribution >= 0.6 is 0 Å². The lowest BCUT2D eigenvalue weighted by Crippen LogP contribution is -1.96. The SMILES string of the molecule is CCCOc1cc(/C=C/C(=O)OC)ccc1O. The van der Waals surface area contributed by atoms with E-state index in [9.17, 15) is 9.90 Å². The molecule has 0 unspecified atom stereocenters. The largest absolute Gasteiger partial charge is 0.504 e. The van der Waals surface area contributed by atoms with Crippen LogP contribution in [0, 0.1) is 0 Å². The minimum Gasteiger partial charge on any atom is -0.504 e. The molecule has 1 N–H and O–H groups in total. The lowest BCUT2D eigenvalue weighted by Gasteiger charge is -2.07. The zero-order valence-corrected chi connectivity index (χ0v) is 9.97. The number of carbonyl (C=O) groups excluding carboxylic acids is 1. The highest BCUT2D eigenvalue weighted by molar-refractivity contribution is 5.87. The van der Waals surface area contributed by atoms with Crippen LogP contribution in [0.2, 0.25) is 0 Å². The molecule has 0 fully saturated rings. The van der Waals surface area contributed by atoms with E-state index >= 15 is 0 Å². The van der Waals surface area contributed by atoms with Crippen LogP contribution in [-0.4, -0.2) is 24.8 Å². The Hall–Kier alpha value is -1.97. The van der Waals surface area contributed by atoms with Crippen molar-refractivity contribution >= 4 is 12.0 Å². The number of methoxy groups -OCH3 is 1. The molecular formula is C13H16O4. The molecule has 0 aliphatic heterocycles. The highest BCUT2D eigenvalue weighted by Gasteiger charge is 2.02. The van der Waals surface area contributed by atoms with Gasteiger partial charge in [0.05, 0.1) is 13.7 Å². The maximum Gasteiger partial charge on any atom is 0.330 e. The van der Waals surface area contributed by atoms with E-state index in [1.807, 2.05) is 6.92 Å². The summed E-state index contributed by atoms with van der Waals surface area (Å²) in [7, 11) is 1.32. The van der Waals surface area contributed by atoms with Gasteiger partial charge in [0, 0.05) is 6.08 Å². The van der Waals surface area contributed by atoms with E-state index in [1.54, 1.807) is 18.2 Å². The molecule has 92 valence electrons. The van der Waals surface area contributed by atoms with Gasteiger partial charge in [-0.3, -0.25) is 0 Å². The molecule has 4 heteroatoms. The topological polar surface area (TPSA) is 55.8 Å². The van der Waals surface area contributed by atoms with Crippen LogP contribution in [0.5, 0.6) is 11.5 Å². The van der Waals surface area contributed by atoms with Gasteiger partial charge >= 0.3 is 5.97 Å². The Morgan fingerprint density at radius 3 is 2.88 bits per heavy atom. The molecule has 0 aromatic heterocycles. The van der Waals surface area contributed by atoms with E-state index in [1.165, 1.54) is 19.3 Å². The zero-order chi connectivity index (χ0) is 12.7. The number of benzene rings is 1. The van der Waals surface area contributed by atoms with Crippen molar-refractivity contribution in [3.63, 3.8) is 0 Å². The molecule has 0 radical (unpaired) electrons. The summed E-state index contributed by atoms with van der Waals surface area (Å²) in [5, 5.41) is 9.54. The lowest BCUT2D eigenvalue weighted by atomic mass is 10.2. The summed E-state index contributed by atoms with van der Waals surface area (Å²) in [4.78, 5) is 10.9. The van der Waals surface area contributed by atoms with E-state index < -0.39 is 5.97 Å². The van der Waals surface area contributed by atoms with Crippen LogP contribution in [0.25, 0.3) is 6.08 Å².